The molecule has 6 aliphatic carbocycles. The van der Waals surface area contributed by atoms with Crippen LogP contribution in [0.1, 0.15) is 142 Å². The average Bonchev–Trinajstić information content (AvgIpc) is 4.07. The maximum atomic E-state index is 12.9. The highest BCUT2D eigenvalue weighted by molar-refractivity contribution is 6.11. The number of hydrogen-bond acceptors (Lipinski definition) is 12. The minimum atomic E-state index is -1.78. The molecule has 356 valence electrons. The molecular weight excluding hydrogens is 845 g/mol. The zero-order valence-electron chi connectivity index (χ0n) is 38.2. The first-order chi connectivity index (χ1) is 31.6. The van der Waals surface area contributed by atoms with Gasteiger partial charge in [0.1, 0.15) is 41.2 Å². The number of rotatable bonds is 6. The molecule has 5 saturated carbocycles. The van der Waals surface area contributed by atoms with Crippen LogP contribution in [0, 0.1) is 52.3 Å². The largest absolute Gasteiger partial charge is 0.507 e. The number of carbonyl (C=O) groups is 2. The molecule has 12 rings (SSSR count). The van der Waals surface area contributed by atoms with Crippen LogP contribution in [-0.4, -0.2) is 110 Å². The molecule has 8 fully saturated rings. The Balaban J connectivity index is 0.949. The van der Waals surface area contributed by atoms with Crippen LogP contribution in [-0.2, 0) is 14.2 Å². The number of Topliss-reactive ketones (excluding diaryl/α,β-unsaturated/α-hetero) is 1. The van der Waals surface area contributed by atoms with Crippen molar-refractivity contribution in [2.24, 2.45) is 45.3 Å². The number of phenolic OH excluding ortho intramolecular Hbond substituents is 2. The highest BCUT2D eigenvalue weighted by atomic mass is 16.7. The van der Waals surface area contributed by atoms with E-state index in [1.807, 2.05) is 0 Å². The summed E-state index contributed by atoms with van der Waals surface area (Å²) in [4.78, 5) is 25.2. The first kappa shape index (κ1) is 43.7. The van der Waals surface area contributed by atoms with Gasteiger partial charge in [0, 0.05) is 29.6 Å². The van der Waals surface area contributed by atoms with Crippen molar-refractivity contribution in [2.75, 3.05) is 19.8 Å². The van der Waals surface area contributed by atoms with Crippen molar-refractivity contribution in [3.05, 3.63) is 51.6 Å². The van der Waals surface area contributed by atoms with E-state index in [1.54, 1.807) is 0 Å². The molecule has 66 heavy (non-hydrogen) atoms. The van der Waals surface area contributed by atoms with Gasteiger partial charge < -0.3 is 54.7 Å². The number of hydrogen-bond donors (Lipinski definition) is 7. The van der Waals surface area contributed by atoms with Crippen molar-refractivity contribution < 1.29 is 64.3 Å². The van der Waals surface area contributed by atoms with E-state index in [0.29, 0.717) is 49.2 Å². The van der Waals surface area contributed by atoms with Crippen molar-refractivity contribution >= 4 is 22.5 Å². The second-order valence-electron chi connectivity index (χ2n) is 23.0. The summed E-state index contributed by atoms with van der Waals surface area (Å²) in [5, 5.41) is 81.0. The van der Waals surface area contributed by atoms with Crippen LogP contribution in [0.25, 0.3) is 10.8 Å². The molecular formula is C53H66O13. The van der Waals surface area contributed by atoms with Gasteiger partial charge >= 0.3 is 5.97 Å². The summed E-state index contributed by atoms with van der Waals surface area (Å²) in [6.07, 6.45) is 12.0. The van der Waals surface area contributed by atoms with Gasteiger partial charge in [0.2, 0.25) is 6.29 Å². The minimum absolute atomic E-state index is 0.0523. The Morgan fingerprint density at radius 2 is 1.70 bits per heavy atom. The molecule has 4 heterocycles. The number of carboxylic acids is 1. The quantitative estimate of drug-likeness (QED) is 0.113. The molecule has 3 saturated heterocycles. The zero-order valence-corrected chi connectivity index (χ0v) is 38.2. The van der Waals surface area contributed by atoms with E-state index in [2.05, 4.69) is 6.08 Å². The van der Waals surface area contributed by atoms with Gasteiger partial charge in [-0.1, -0.05) is 25.3 Å². The van der Waals surface area contributed by atoms with E-state index < -0.39 is 65.7 Å². The van der Waals surface area contributed by atoms with E-state index in [9.17, 15) is 45.3 Å². The van der Waals surface area contributed by atoms with Crippen LogP contribution in [0.2, 0.25) is 0 Å². The zero-order chi connectivity index (χ0) is 45.9. The van der Waals surface area contributed by atoms with Crippen LogP contribution in [0.15, 0.2) is 34.9 Å². The summed E-state index contributed by atoms with van der Waals surface area (Å²) in [6, 6.07) is 2.29. The normalized spacial score (nSPS) is 42.8. The van der Waals surface area contributed by atoms with Crippen LogP contribution < -0.4 is 4.74 Å². The number of carboxylic acid groups (broad SMARTS) is 1. The first-order valence-electron chi connectivity index (χ1n) is 25.0. The lowest BCUT2D eigenvalue weighted by Crippen LogP contribution is -2.71. The van der Waals surface area contributed by atoms with Crippen LogP contribution in [0.5, 0.6) is 17.2 Å². The van der Waals surface area contributed by atoms with Gasteiger partial charge in [-0.3, -0.25) is 4.79 Å². The minimum Gasteiger partial charge on any atom is -0.507 e. The molecule has 0 aromatic heterocycles. The maximum Gasteiger partial charge on any atom is 0.335 e. The third kappa shape index (κ3) is 5.77. The van der Waals surface area contributed by atoms with Gasteiger partial charge in [0.15, 0.2) is 5.78 Å². The summed E-state index contributed by atoms with van der Waals surface area (Å²) in [7, 11) is 0. The van der Waals surface area contributed by atoms with E-state index in [-0.39, 0.29) is 81.2 Å². The number of phenols is 2. The Kier molecular flexibility index (Phi) is 9.91. The predicted octanol–water partition coefficient (Wildman–Crippen LogP) is 7.17. The smallest absolute Gasteiger partial charge is 0.335 e. The summed E-state index contributed by atoms with van der Waals surface area (Å²) in [6.45, 7) is 3.98. The third-order valence-electron chi connectivity index (χ3n) is 20.3. The number of ether oxygens (including phenoxy) is 4. The molecule has 4 aliphatic heterocycles. The highest BCUT2D eigenvalue weighted by Gasteiger charge is 2.71. The van der Waals surface area contributed by atoms with Gasteiger partial charge in [0.05, 0.1) is 35.3 Å². The molecule has 10 aliphatic rings. The molecule has 4 spiro atoms. The predicted molar refractivity (Wildman–Crippen MR) is 239 cm³/mol. The van der Waals surface area contributed by atoms with Gasteiger partial charge in [-0.05, 0) is 173 Å². The van der Waals surface area contributed by atoms with Crippen molar-refractivity contribution in [3.8, 4) is 17.2 Å². The van der Waals surface area contributed by atoms with Crippen LogP contribution in [0.3, 0.4) is 0 Å². The number of aliphatic hydroxyl groups excluding tert-OH is 4. The van der Waals surface area contributed by atoms with Crippen LogP contribution in [0.4, 0.5) is 0 Å². The summed E-state index contributed by atoms with van der Waals surface area (Å²) in [5.41, 5.74) is 2.31. The van der Waals surface area contributed by atoms with Crippen molar-refractivity contribution in [1.82, 2.24) is 0 Å². The number of benzene rings is 2. The third-order valence-corrected chi connectivity index (χ3v) is 20.3. The fourth-order valence-corrected chi connectivity index (χ4v) is 18.0. The van der Waals surface area contributed by atoms with Crippen LogP contribution >= 0.6 is 0 Å². The lowest BCUT2D eigenvalue weighted by Gasteiger charge is -2.64. The Labute approximate surface area is 385 Å². The standard InChI is InChI=1S/C53H66O13/c1-26-38(27(2)55)43(58)40-31(42(26)57)18-28(47(61)62)19-37(40)64-48-44(59)45(60)53-22-32-33-21-49(14-15-51(24-49)13-5-12-50(51)10-3-4-11-50)20-29-23-63-25-52(16-17-54,41(29)33)34-7-6-30(39(32)34)36(66-53)9-8-35(56)46(53)65-48/h7,18-19,29,32-33,35-36,41,44-46,48,54,56-60H,3-6,8-17,20-25H2,1-2H3,(H,61,62)/t29-,32+,33-,35+,36-,41+,44-,45-,46-,48-,49-,51-,52+,53+/m1/s1. The van der Waals surface area contributed by atoms with Crippen molar-refractivity contribution in [3.63, 3.8) is 0 Å². The lowest BCUT2D eigenvalue weighted by atomic mass is 9.42. The molecule has 2 bridgehead atoms. The Hall–Kier alpha value is -3.56. The average molecular weight is 911 g/mol. The highest BCUT2D eigenvalue weighted by Crippen LogP contribution is 2.76. The second-order valence-corrected chi connectivity index (χ2v) is 23.0. The molecule has 14 atom stereocenters. The number of carbonyl (C=O) groups excluding carboxylic acids is 1. The Morgan fingerprint density at radius 3 is 2.45 bits per heavy atom. The summed E-state index contributed by atoms with van der Waals surface area (Å²) in [5.74, 6) is -2.55. The van der Waals surface area contributed by atoms with Gasteiger partial charge in [-0.15, -0.1) is 0 Å². The van der Waals surface area contributed by atoms with E-state index in [4.69, 9.17) is 18.9 Å². The first-order valence-corrected chi connectivity index (χ1v) is 25.0. The Bertz CT molecular complexity index is 2460. The number of aliphatic hydroxyl groups is 4. The molecule has 7 N–H and O–H groups in total. The fourth-order valence-electron chi connectivity index (χ4n) is 18.0. The number of ketones is 1. The lowest BCUT2D eigenvalue weighted by molar-refractivity contribution is -0.336. The summed E-state index contributed by atoms with van der Waals surface area (Å²) < 4.78 is 27.0. The molecule has 13 heteroatoms. The van der Waals surface area contributed by atoms with Gasteiger partial charge in [-0.2, -0.15) is 0 Å². The molecule has 0 unspecified atom stereocenters. The summed E-state index contributed by atoms with van der Waals surface area (Å²) >= 11 is 0. The van der Waals surface area contributed by atoms with E-state index >= 15 is 0 Å². The molecule has 0 radical (unpaired) electrons. The number of aromatic carboxylic acids is 1. The SMILES string of the molecule is CC(=O)c1c(C)c(O)c2cc(C(=O)O)cc(O[C@@H]3O[C@@H]4[C@@H](O)CC[C@H]5O[C@@]4(C[C@@H]4C6=C5CC=C6[C@]5(CCO)COC[C@H]6C[C@]7(CC[C@]8(CCCC89CCCC9)C7)C[C@H]4[C@H]65)[C@H](O)[C@H]3O)c2c1O. The number of aromatic hydroxyl groups is 2. The van der Waals surface area contributed by atoms with Gasteiger partial charge in [0.25, 0.3) is 0 Å². The molecule has 2 aromatic rings. The molecule has 2 aromatic carbocycles. The number of allylic oxidation sites excluding steroid dienone is 2. The van der Waals surface area contributed by atoms with Crippen molar-refractivity contribution in [1.29, 1.82) is 0 Å². The monoisotopic (exact) mass is 910 g/mol. The molecule has 0 amide bonds. The molecule has 13 nitrogen and oxygen atoms in total. The fraction of sp³-hybridized carbons (Fsp3) is 0.698. The number of fused-ring (bicyclic) bond motifs is 6. The second kappa shape index (κ2) is 15.0. The topological polar surface area (TPSA) is 213 Å². The Morgan fingerprint density at radius 1 is 0.924 bits per heavy atom. The van der Waals surface area contributed by atoms with E-state index in [0.717, 1.165) is 24.5 Å². The van der Waals surface area contributed by atoms with E-state index in [1.165, 1.54) is 95.3 Å². The maximum absolute atomic E-state index is 12.9. The van der Waals surface area contributed by atoms with Crippen molar-refractivity contribution in [2.45, 2.75) is 165 Å². The van der Waals surface area contributed by atoms with Gasteiger partial charge in [-0.25, -0.2) is 4.79 Å².